The van der Waals surface area contributed by atoms with E-state index in [9.17, 15) is 18.0 Å². The molecule has 0 atom stereocenters. The maximum Gasteiger partial charge on any atom is 0.308 e. The second-order valence-electron chi connectivity index (χ2n) is 4.46. The largest absolute Gasteiger partial charge is 0.481 e. The number of carboxylic acid groups (broad SMARTS) is 1. The van der Waals surface area contributed by atoms with Gasteiger partial charge in [-0.15, -0.1) is 11.3 Å². The first-order valence-electron chi connectivity index (χ1n) is 5.96. The maximum atomic E-state index is 11.9. The van der Waals surface area contributed by atoms with Gasteiger partial charge in [0, 0.05) is 10.9 Å². The van der Waals surface area contributed by atoms with Crippen molar-refractivity contribution < 1.29 is 23.1 Å². The third-order valence-corrected chi connectivity index (χ3v) is 5.57. The summed E-state index contributed by atoms with van der Waals surface area (Å²) in [5.41, 5.74) is 0. The zero-order valence-electron chi connectivity index (χ0n) is 10.5. The number of sulfonamides is 1. The van der Waals surface area contributed by atoms with Crippen LogP contribution in [0.4, 0.5) is 0 Å². The fraction of sp³-hybridized carbons (Fsp3) is 0.455. The number of nitrogens with one attached hydrogen (secondary N) is 2. The Kier molecular flexibility index (Phi) is 4.41. The van der Waals surface area contributed by atoms with Crippen LogP contribution in [0.3, 0.4) is 0 Å². The predicted molar refractivity (Wildman–Crippen MR) is 72.0 cm³/mol. The van der Waals surface area contributed by atoms with Gasteiger partial charge in [-0.2, -0.15) is 0 Å². The average Bonchev–Trinajstić information content (AvgIpc) is 3.02. The molecule has 1 aromatic rings. The van der Waals surface area contributed by atoms with Crippen molar-refractivity contribution in [1.82, 2.24) is 10.0 Å². The van der Waals surface area contributed by atoms with E-state index in [1.165, 1.54) is 12.1 Å². The van der Waals surface area contributed by atoms with Crippen molar-refractivity contribution in [3.63, 3.8) is 0 Å². The van der Waals surface area contributed by atoms with Crippen LogP contribution in [0.25, 0.3) is 0 Å². The minimum atomic E-state index is -3.77. The average molecular weight is 318 g/mol. The van der Waals surface area contributed by atoms with Gasteiger partial charge in [-0.25, -0.2) is 13.1 Å². The highest BCUT2D eigenvalue weighted by atomic mass is 32.2. The van der Waals surface area contributed by atoms with Gasteiger partial charge < -0.3 is 10.4 Å². The Bertz CT molecular complexity index is 619. The highest BCUT2D eigenvalue weighted by molar-refractivity contribution is 7.91. The molecule has 0 aliphatic heterocycles. The quantitative estimate of drug-likeness (QED) is 0.651. The standard InChI is InChI=1S/C11H14N2O5S2/c14-9(13-7-1-2-7)6-12-20(17,18)11-4-3-8(19-11)5-10(15)16/h3-4,7,12H,1-2,5-6H2,(H,13,14)(H,15,16). The van der Waals surface area contributed by atoms with Crippen molar-refractivity contribution in [2.24, 2.45) is 0 Å². The first-order chi connectivity index (χ1) is 9.37. The third-order valence-electron chi connectivity index (χ3n) is 2.59. The minimum absolute atomic E-state index is 0.00738. The van der Waals surface area contributed by atoms with Crippen LogP contribution in [0.2, 0.25) is 0 Å². The Hall–Kier alpha value is -1.45. The summed E-state index contributed by atoms with van der Waals surface area (Å²) in [5.74, 6) is -1.38. The molecule has 1 amide bonds. The molecule has 1 aliphatic rings. The van der Waals surface area contributed by atoms with Gasteiger partial charge >= 0.3 is 5.97 Å². The van der Waals surface area contributed by atoms with Crippen LogP contribution >= 0.6 is 11.3 Å². The number of amides is 1. The molecule has 0 aromatic carbocycles. The van der Waals surface area contributed by atoms with Crippen LogP contribution in [-0.4, -0.2) is 38.0 Å². The van der Waals surface area contributed by atoms with E-state index < -0.39 is 16.0 Å². The summed E-state index contributed by atoms with van der Waals surface area (Å²) >= 11 is 0.883. The number of hydrogen-bond acceptors (Lipinski definition) is 5. The molecule has 2 rings (SSSR count). The number of carboxylic acids is 1. The molecule has 9 heteroatoms. The lowest BCUT2D eigenvalue weighted by atomic mass is 10.3. The zero-order valence-corrected chi connectivity index (χ0v) is 12.1. The van der Waals surface area contributed by atoms with Crippen molar-refractivity contribution in [3.05, 3.63) is 17.0 Å². The predicted octanol–water partition coefficient (Wildman–Crippen LogP) is -0.0679. The number of hydrogen-bond donors (Lipinski definition) is 3. The smallest absolute Gasteiger partial charge is 0.308 e. The third kappa shape index (κ3) is 4.29. The zero-order chi connectivity index (χ0) is 14.8. The van der Waals surface area contributed by atoms with Gasteiger partial charge in [0.1, 0.15) is 4.21 Å². The lowest BCUT2D eigenvalue weighted by Crippen LogP contribution is -2.37. The molecule has 1 heterocycles. The molecule has 1 fully saturated rings. The molecule has 7 nitrogen and oxygen atoms in total. The van der Waals surface area contributed by atoms with Crippen molar-refractivity contribution in [1.29, 1.82) is 0 Å². The molecule has 1 saturated carbocycles. The Balaban J connectivity index is 1.93. The number of carbonyl (C=O) groups excluding carboxylic acids is 1. The minimum Gasteiger partial charge on any atom is -0.481 e. The highest BCUT2D eigenvalue weighted by Gasteiger charge is 2.24. The van der Waals surface area contributed by atoms with Crippen LogP contribution in [0.15, 0.2) is 16.3 Å². The fourth-order valence-electron chi connectivity index (χ4n) is 1.48. The van der Waals surface area contributed by atoms with Gasteiger partial charge in [0.2, 0.25) is 5.91 Å². The van der Waals surface area contributed by atoms with Gasteiger partial charge in [0.25, 0.3) is 10.0 Å². The Morgan fingerprint density at radius 1 is 1.35 bits per heavy atom. The van der Waals surface area contributed by atoms with E-state index in [0.717, 1.165) is 24.2 Å². The van der Waals surface area contributed by atoms with Gasteiger partial charge in [-0.1, -0.05) is 0 Å². The lowest BCUT2D eigenvalue weighted by Gasteiger charge is -2.05. The lowest BCUT2D eigenvalue weighted by molar-refractivity contribution is -0.136. The number of thiophene rings is 1. The van der Waals surface area contributed by atoms with E-state index in [1.54, 1.807) is 0 Å². The molecule has 3 N–H and O–H groups in total. The SMILES string of the molecule is O=C(O)Cc1ccc(S(=O)(=O)NCC(=O)NC2CC2)s1. The van der Waals surface area contributed by atoms with Crippen LogP contribution in [0, 0.1) is 0 Å². The molecule has 20 heavy (non-hydrogen) atoms. The molecule has 0 radical (unpaired) electrons. The number of rotatable bonds is 7. The topological polar surface area (TPSA) is 113 Å². The molecule has 0 bridgehead atoms. The van der Waals surface area contributed by atoms with Crippen molar-refractivity contribution in [3.8, 4) is 0 Å². The molecular weight excluding hydrogens is 304 g/mol. The Labute approximate surface area is 120 Å². The molecule has 1 aliphatic carbocycles. The van der Waals surface area contributed by atoms with Crippen molar-refractivity contribution in [2.75, 3.05) is 6.54 Å². The summed E-state index contributed by atoms with van der Waals surface area (Å²) in [6.07, 6.45) is 1.65. The second-order valence-corrected chi connectivity index (χ2v) is 7.62. The fourth-order valence-corrected chi connectivity index (χ4v) is 3.86. The summed E-state index contributed by atoms with van der Waals surface area (Å²) in [6, 6.07) is 2.97. The monoisotopic (exact) mass is 318 g/mol. The Morgan fingerprint density at radius 2 is 2.05 bits per heavy atom. The summed E-state index contributed by atoms with van der Waals surface area (Å²) in [4.78, 5) is 22.4. The first kappa shape index (κ1) is 14.9. The van der Waals surface area contributed by atoms with Gasteiger partial charge in [0.15, 0.2) is 0 Å². The molecule has 110 valence electrons. The summed E-state index contributed by atoms with van der Waals surface area (Å²) in [5, 5.41) is 11.3. The number of aliphatic carboxylic acids is 1. The van der Waals surface area contributed by atoms with E-state index in [4.69, 9.17) is 5.11 Å². The first-order valence-corrected chi connectivity index (χ1v) is 8.26. The van der Waals surface area contributed by atoms with Crippen LogP contribution in [0.1, 0.15) is 17.7 Å². The van der Waals surface area contributed by atoms with Crippen molar-refractivity contribution >= 4 is 33.2 Å². The molecule has 0 saturated heterocycles. The Morgan fingerprint density at radius 3 is 2.65 bits per heavy atom. The summed E-state index contributed by atoms with van der Waals surface area (Å²) < 4.78 is 26.0. The molecule has 0 spiro atoms. The summed E-state index contributed by atoms with van der Waals surface area (Å²) in [7, 11) is -3.77. The van der Waals surface area contributed by atoms with Gasteiger partial charge in [-0.05, 0) is 25.0 Å². The van der Waals surface area contributed by atoms with E-state index >= 15 is 0 Å². The molecule has 1 aromatic heterocycles. The maximum absolute atomic E-state index is 11.9. The highest BCUT2D eigenvalue weighted by Crippen LogP contribution is 2.22. The van der Waals surface area contributed by atoms with Gasteiger partial charge in [0.05, 0.1) is 13.0 Å². The van der Waals surface area contributed by atoms with Crippen LogP contribution < -0.4 is 10.0 Å². The van der Waals surface area contributed by atoms with Crippen molar-refractivity contribution in [2.45, 2.75) is 29.5 Å². The molecule has 0 unspecified atom stereocenters. The van der Waals surface area contributed by atoms with E-state index in [2.05, 4.69) is 10.0 Å². The van der Waals surface area contributed by atoms with E-state index in [0.29, 0.717) is 4.88 Å². The normalized spacial score (nSPS) is 15.0. The van der Waals surface area contributed by atoms with E-state index in [1.807, 2.05) is 0 Å². The molecular formula is C11H14N2O5S2. The number of carbonyl (C=O) groups is 2. The van der Waals surface area contributed by atoms with Crippen LogP contribution in [0.5, 0.6) is 0 Å². The summed E-state index contributed by atoms with van der Waals surface area (Å²) in [6.45, 7) is -0.314. The van der Waals surface area contributed by atoms with Gasteiger partial charge in [-0.3, -0.25) is 9.59 Å². The van der Waals surface area contributed by atoms with Crippen LogP contribution in [-0.2, 0) is 26.0 Å². The van der Waals surface area contributed by atoms with E-state index in [-0.39, 0.29) is 29.1 Å². The second kappa shape index (κ2) is 5.90.